The molecule has 114 valence electrons. The number of carbonyl (C=O) groups excluding carboxylic acids is 1. The number of hydrogen-bond donors (Lipinski definition) is 0. The smallest absolute Gasteiger partial charge is 0.231 e. The molecule has 3 aromatic carbocycles. The molecule has 4 rings (SSSR count). The average Bonchev–Trinajstić information content (AvgIpc) is 2.91. The molecule has 0 fully saturated rings. The van der Waals surface area contributed by atoms with Crippen molar-refractivity contribution >= 4 is 22.4 Å². The van der Waals surface area contributed by atoms with Crippen LogP contribution in [0.25, 0.3) is 10.8 Å². The number of benzene rings is 3. The molecule has 1 heterocycles. The maximum atomic E-state index is 12.5. The number of rotatable bonds is 3. The minimum absolute atomic E-state index is 0.140. The Balaban J connectivity index is 1.83. The highest BCUT2D eigenvalue weighted by Gasteiger charge is 2.28. The van der Waals surface area contributed by atoms with Gasteiger partial charge in [0.1, 0.15) is 5.75 Å². The standard InChI is InChI=1S/C20H17NO2/c1-23-19-11-10-14-6-2-4-8-16(14)17(19)13-21-18-9-5-3-7-15(18)12-20(21)22/h2-11H,12-13H2,1H3. The molecule has 0 saturated heterocycles. The third-order valence-electron chi connectivity index (χ3n) is 4.46. The quantitative estimate of drug-likeness (QED) is 0.733. The van der Waals surface area contributed by atoms with Gasteiger partial charge in [-0.2, -0.15) is 0 Å². The Labute approximate surface area is 135 Å². The van der Waals surface area contributed by atoms with Gasteiger partial charge in [-0.05, 0) is 28.5 Å². The van der Waals surface area contributed by atoms with Crippen molar-refractivity contribution in [2.24, 2.45) is 0 Å². The van der Waals surface area contributed by atoms with Crippen LogP contribution in [0.1, 0.15) is 11.1 Å². The molecule has 3 aromatic rings. The number of ether oxygens (including phenoxy) is 1. The van der Waals surface area contributed by atoms with Crippen LogP contribution in [-0.2, 0) is 17.8 Å². The molecule has 1 aliphatic heterocycles. The highest BCUT2D eigenvalue weighted by atomic mass is 16.5. The number of fused-ring (bicyclic) bond motifs is 2. The Morgan fingerprint density at radius 2 is 1.78 bits per heavy atom. The van der Waals surface area contributed by atoms with Crippen LogP contribution in [0.15, 0.2) is 60.7 Å². The molecule has 1 aliphatic rings. The monoisotopic (exact) mass is 303 g/mol. The second-order valence-electron chi connectivity index (χ2n) is 5.75. The fraction of sp³-hybridized carbons (Fsp3) is 0.150. The number of para-hydroxylation sites is 1. The molecule has 0 aliphatic carbocycles. The molecule has 0 atom stereocenters. The maximum absolute atomic E-state index is 12.5. The molecule has 0 bridgehead atoms. The predicted molar refractivity (Wildman–Crippen MR) is 91.8 cm³/mol. The van der Waals surface area contributed by atoms with Crippen LogP contribution >= 0.6 is 0 Å². The Hall–Kier alpha value is -2.81. The summed E-state index contributed by atoms with van der Waals surface area (Å²) in [6.45, 7) is 0.528. The molecule has 0 aromatic heterocycles. The van der Waals surface area contributed by atoms with Gasteiger partial charge in [-0.3, -0.25) is 4.79 Å². The van der Waals surface area contributed by atoms with Crippen molar-refractivity contribution in [1.82, 2.24) is 0 Å². The first kappa shape index (κ1) is 13.8. The van der Waals surface area contributed by atoms with Crippen LogP contribution < -0.4 is 9.64 Å². The third kappa shape index (κ3) is 2.25. The zero-order valence-electron chi connectivity index (χ0n) is 13.0. The third-order valence-corrected chi connectivity index (χ3v) is 4.46. The van der Waals surface area contributed by atoms with Gasteiger partial charge in [-0.25, -0.2) is 0 Å². The number of nitrogens with zero attached hydrogens (tertiary/aromatic N) is 1. The lowest BCUT2D eigenvalue weighted by Gasteiger charge is -2.20. The van der Waals surface area contributed by atoms with Crippen molar-refractivity contribution in [2.75, 3.05) is 12.0 Å². The molecule has 0 saturated carbocycles. The van der Waals surface area contributed by atoms with Gasteiger partial charge in [-0.15, -0.1) is 0 Å². The first-order chi connectivity index (χ1) is 11.3. The first-order valence-corrected chi connectivity index (χ1v) is 7.71. The lowest BCUT2D eigenvalue weighted by Crippen LogP contribution is -2.26. The zero-order valence-corrected chi connectivity index (χ0v) is 13.0. The molecule has 3 heteroatoms. The van der Waals surface area contributed by atoms with Gasteiger partial charge in [0.2, 0.25) is 5.91 Å². The molecular formula is C20H17NO2. The lowest BCUT2D eigenvalue weighted by molar-refractivity contribution is -0.117. The Morgan fingerprint density at radius 3 is 2.65 bits per heavy atom. The van der Waals surface area contributed by atoms with E-state index in [1.54, 1.807) is 7.11 Å². The van der Waals surface area contributed by atoms with E-state index in [0.717, 1.165) is 33.3 Å². The summed E-state index contributed by atoms with van der Waals surface area (Å²) in [6, 6.07) is 20.2. The topological polar surface area (TPSA) is 29.5 Å². The molecule has 0 N–H and O–H groups in total. The highest BCUT2D eigenvalue weighted by Crippen LogP contribution is 2.34. The number of hydrogen-bond acceptors (Lipinski definition) is 2. The van der Waals surface area contributed by atoms with E-state index >= 15 is 0 Å². The summed E-state index contributed by atoms with van der Waals surface area (Å²) >= 11 is 0. The highest BCUT2D eigenvalue weighted by molar-refractivity contribution is 6.02. The van der Waals surface area contributed by atoms with E-state index in [4.69, 9.17) is 4.74 Å². The van der Waals surface area contributed by atoms with Crippen molar-refractivity contribution < 1.29 is 9.53 Å². The summed E-state index contributed by atoms with van der Waals surface area (Å²) in [5.41, 5.74) is 3.15. The normalized spacial score (nSPS) is 13.4. The summed E-state index contributed by atoms with van der Waals surface area (Å²) in [7, 11) is 1.67. The Morgan fingerprint density at radius 1 is 1.00 bits per heavy atom. The van der Waals surface area contributed by atoms with Gasteiger partial charge in [0.05, 0.1) is 20.1 Å². The van der Waals surface area contributed by atoms with E-state index in [1.165, 1.54) is 0 Å². The van der Waals surface area contributed by atoms with E-state index in [1.807, 2.05) is 47.4 Å². The SMILES string of the molecule is COc1ccc2ccccc2c1CN1C(=O)Cc2ccccc21. The molecule has 1 amide bonds. The van der Waals surface area contributed by atoms with E-state index in [-0.39, 0.29) is 5.91 Å². The van der Waals surface area contributed by atoms with Gasteiger partial charge < -0.3 is 9.64 Å². The van der Waals surface area contributed by atoms with Gasteiger partial charge in [-0.1, -0.05) is 48.5 Å². The van der Waals surface area contributed by atoms with Gasteiger partial charge in [0.15, 0.2) is 0 Å². The number of methoxy groups -OCH3 is 1. The molecule has 0 radical (unpaired) electrons. The molecule has 3 nitrogen and oxygen atoms in total. The fourth-order valence-corrected chi connectivity index (χ4v) is 3.32. The maximum Gasteiger partial charge on any atom is 0.231 e. The Bertz CT molecular complexity index is 901. The summed E-state index contributed by atoms with van der Waals surface area (Å²) < 4.78 is 5.55. The van der Waals surface area contributed by atoms with Crippen molar-refractivity contribution in [1.29, 1.82) is 0 Å². The molecule has 23 heavy (non-hydrogen) atoms. The van der Waals surface area contributed by atoms with Crippen LogP contribution in [0.2, 0.25) is 0 Å². The van der Waals surface area contributed by atoms with Crippen LogP contribution in [-0.4, -0.2) is 13.0 Å². The van der Waals surface area contributed by atoms with E-state index in [2.05, 4.69) is 18.2 Å². The fourth-order valence-electron chi connectivity index (χ4n) is 3.32. The molecule has 0 unspecified atom stereocenters. The van der Waals surface area contributed by atoms with Crippen LogP contribution in [0.4, 0.5) is 5.69 Å². The number of amides is 1. The number of anilines is 1. The van der Waals surface area contributed by atoms with Gasteiger partial charge >= 0.3 is 0 Å². The van der Waals surface area contributed by atoms with Crippen LogP contribution in [0.5, 0.6) is 5.75 Å². The molecular weight excluding hydrogens is 286 g/mol. The van der Waals surface area contributed by atoms with Gasteiger partial charge in [0.25, 0.3) is 0 Å². The second-order valence-corrected chi connectivity index (χ2v) is 5.75. The minimum Gasteiger partial charge on any atom is -0.496 e. The average molecular weight is 303 g/mol. The van der Waals surface area contributed by atoms with Crippen LogP contribution in [0, 0.1) is 0 Å². The second kappa shape index (κ2) is 5.43. The van der Waals surface area contributed by atoms with E-state index in [0.29, 0.717) is 13.0 Å². The van der Waals surface area contributed by atoms with Gasteiger partial charge in [0, 0.05) is 11.3 Å². The summed E-state index contributed by atoms with van der Waals surface area (Å²) in [4.78, 5) is 14.3. The molecule has 0 spiro atoms. The summed E-state index contributed by atoms with van der Waals surface area (Å²) in [5, 5.41) is 2.28. The van der Waals surface area contributed by atoms with E-state index < -0.39 is 0 Å². The van der Waals surface area contributed by atoms with Crippen molar-refractivity contribution in [2.45, 2.75) is 13.0 Å². The first-order valence-electron chi connectivity index (χ1n) is 7.71. The van der Waals surface area contributed by atoms with E-state index in [9.17, 15) is 4.79 Å². The predicted octanol–water partition coefficient (Wildman–Crippen LogP) is 3.94. The van der Waals surface area contributed by atoms with Crippen LogP contribution in [0.3, 0.4) is 0 Å². The Kier molecular flexibility index (Phi) is 3.27. The summed E-state index contributed by atoms with van der Waals surface area (Å²) in [6.07, 6.45) is 0.475. The van der Waals surface area contributed by atoms with Crippen molar-refractivity contribution in [3.8, 4) is 5.75 Å². The van der Waals surface area contributed by atoms with Crippen molar-refractivity contribution in [3.63, 3.8) is 0 Å². The van der Waals surface area contributed by atoms with Crippen molar-refractivity contribution in [3.05, 3.63) is 71.8 Å². The summed E-state index contributed by atoms with van der Waals surface area (Å²) in [5.74, 6) is 0.960. The number of carbonyl (C=O) groups is 1. The zero-order chi connectivity index (χ0) is 15.8. The minimum atomic E-state index is 0.140. The lowest BCUT2D eigenvalue weighted by atomic mass is 10.0. The largest absolute Gasteiger partial charge is 0.496 e.